The topological polar surface area (TPSA) is 48.1 Å². The molecular formula is C14H16N2O. The van der Waals surface area contributed by atoms with Crippen molar-refractivity contribution >= 4 is 5.69 Å². The number of rotatable bonds is 3. The fourth-order valence-electron chi connectivity index (χ4n) is 1.63. The van der Waals surface area contributed by atoms with E-state index in [0.29, 0.717) is 18.0 Å². The molecule has 88 valence electrons. The minimum absolute atomic E-state index is 0.439. The first-order chi connectivity index (χ1) is 8.15. The lowest BCUT2D eigenvalue weighted by Gasteiger charge is -2.09. The maximum atomic E-state index is 5.87. The number of nitrogen functional groups attached to an aromatic ring is 1. The maximum absolute atomic E-state index is 5.87. The van der Waals surface area contributed by atoms with Crippen LogP contribution in [0.3, 0.4) is 0 Å². The maximum Gasteiger partial charge on any atom is 0.142 e. The fourth-order valence-corrected chi connectivity index (χ4v) is 1.63. The van der Waals surface area contributed by atoms with E-state index in [4.69, 9.17) is 10.5 Å². The van der Waals surface area contributed by atoms with E-state index in [2.05, 4.69) is 4.98 Å². The average Bonchev–Trinajstić information content (AvgIpc) is 2.28. The molecule has 0 aliphatic rings. The number of ether oxygens (including phenoxy) is 1. The Balaban J connectivity index is 2.07. The molecule has 0 atom stereocenters. The first-order valence-corrected chi connectivity index (χ1v) is 5.56. The second-order valence-corrected chi connectivity index (χ2v) is 4.10. The Bertz CT molecular complexity index is 523. The van der Waals surface area contributed by atoms with Crippen LogP contribution in [0, 0.1) is 13.8 Å². The van der Waals surface area contributed by atoms with Crippen LogP contribution >= 0.6 is 0 Å². The van der Waals surface area contributed by atoms with Crippen molar-refractivity contribution in [1.82, 2.24) is 4.98 Å². The van der Waals surface area contributed by atoms with E-state index >= 15 is 0 Å². The highest BCUT2D eigenvalue weighted by Gasteiger charge is 2.01. The van der Waals surface area contributed by atoms with Gasteiger partial charge in [0.15, 0.2) is 0 Å². The van der Waals surface area contributed by atoms with Gasteiger partial charge in [0.1, 0.15) is 12.4 Å². The largest absolute Gasteiger partial charge is 0.485 e. The molecule has 3 nitrogen and oxygen atoms in total. The molecule has 0 radical (unpaired) electrons. The number of hydrogen-bond acceptors (Lipinski definition) is 3. The Morgan fingerprint density at radius 1 is 1.18 bits per heavy atom. The number of pyridine rings is 1. The summed E-state index contributed by atoms with van der Waals surface area (Å²) in [5.74, 6) is 0.707. The SMILES string of the molecule is Cc1ccc(OCc2cccc(C)n2)c(N)c1. The summed E-state index contributed by atoms with van der Waals surface area (Å²) in [6, 6.07) is 11.6. The van der Waals surface area contributed by atoms with Crippen LogP contribution in [0.1, 0.15) is 17.0 Å². The molecule has 0 aliphatic heterocycles. The van der Waals surface area contributed by atoms with Gasteiger partial charge in [0.2, 0.25) is 0 Å². The highest BCUT2D eigenvalue weighted by Crippen LogP contribution is 2.22. The third-order valence-corrected chi connectivity index (χ3v) is 2.49. The molecule has 1 heterocycles. The number of hydrogen-bond donors (Lipinski definition) is 1. The Morgan fingerprint density at radius 2 is 2.00 bits per heavy atom. The molecule has 0 spiro atoms. The lowest BCUT2D eigenvalue weighted by molar-refractivity contribution is 0.303. The van der Waals surface area contributed by atoms with Gasteiger partial charge < -0.3 is 10.5 Å². The van der Waals surface area contributed by atoms with E-state index < -0.39 is 0 Å². The van der Waals surface area contributed by atoms with Gasteiger partial charge in [-0.3, -0.25) is 4.98 Å². The third-order valence-electron chi connectivity index (χ3n) is 2.49. The zero-order chi connectivity index (χ0) is 12.3. The molecule has 2 N–H and O–H groups in total. The third kappa shape index (κ3) is 2.97. The molecule has 0 aliphatic carbocycles. The summed E-state index contributed by atoms with van der Waals surface area (Å²) in [7, 11) is 0. The normalized spacial score (nSPS) is 10.2. The monoisotopic (exact) mass is 228 g/mol. The van der Waals surface area contributed by atoms with E-state index in [1.54, 1.807) is 0 Å². The van der Waals surface area contributed by atoms with Gasteiger partial charge in [-0.15, -0.1) is 0 Å². The fraction of sp³-hybridized carbons (Fsp3) is 0.214. The van der Waals surface area contributed by atoms with Crippen LogP contribution in [0.4, 0.5) is 5.69 Å². The average molecular weight is 228 g/mol. The number of aromatic nitrogens is 1. The molecular weight excluding hydrogens is 212 g/mol. The van der Waals surface area contributed by atoms with Gasteiger partial charge in [-0.25, -0.2) is 0 Å². The summed E-state index contributed by atoms with van der Waals surface area (Å²) in [6.07, 6.45) is 0. The van der Waals surface area contributed by atoms with Crippen molar-refractivity contribution in [3.05, 3.63) is 53.3 Å². The van der Waals surface area contributed by atoms with Crippen molar-refractivity contribution < 1.29 is 4.74 Å². The van der Waals surface area contributed by atoms with Crippen LogP contribution in [0.15, 0.2) is 36.4 Å². The molecule has 0 bridgehead atoms. The van der Waals surface area contributed by atoms with E-state index in [1.165, 1.54) is 0 Å². The first-order valence-electron chi connectivity index (χ1n) is 5.56. The van der Waals surface area contributed by atoms with Crippen molar-refractivity contribution in [2.75, 3.05) is 5.73 Å². The summed E-state index contributed by atoms with van der Waals surface area (Å²) >= 11 is 0. The number of benzene rings is 1. The zero-order valence-electron chi connectivity index (χ0n) is 10.1. The molecule has 2 aromatic rings. The lowest BCUT2D eigenvalue weighted by atomic mass is 10.2. The minimum Gasteiger partial charge on any atom is -0.485 e. The van der Waals surface area contributed by atoms with E-state index in [-0.39, 0.29) is 0 Å². The molecule has 1 aromatic heterocycles. The minimum atomic E-state index is 0.439. The van der Waals surface area contributed by atoms with Crippen LogP contribution in [0.5, 0.6) is 5.75 Å². The van der Waals surface area contributed by atoms with Gasteiger partial charge in [0.25, 0.3) is 0 Å². The second-order valence-electron chi connectivity index (χ2n) is 4.10. The van der Waals surface area contributed by atoms with Crippen LogP contribution in [-0.4, -0.2) is 4.98 Å². The molecule has 1 aromatic carbocycles. The Hall–Kier alpha value is -2.03. The predicted octanol–water partition coefficient (Wildman–Crippen LogP) is 2.86. The molecule has 0 saturated heterocycles. The number of aryl methyl sites for hydroxylation is 2. The van der Waals surface area contributed by atoms with Crippen molar-refractivity contribution in [1.29, 1.82) is 0 Å². The smallest absolute Gasteiger partial charge is 0.142 e. The molecule has 0 saturated carbocycles. The Labute approximate surface area is 101 Å². The second kappa shape index (κ2) is 4.87. The molecule has 2 rings (SSSR count). The molecule has 0 unspecified atom stereocenters. The quantitative estimate of drug-likeness (QED) is 0.822. The summed E-state index contributed by atoms with van der Waals surface area (Å²) in [6.45, 7) is 4.40. The zero-order valence-corrected chi connectivity index (χ0v) is 10.1. The van der Waals surface area contributed by atoms with Crippen molar-refractivity contribution in [3.63, 3.8) is 0 Å². The van der Waals surface area contributed by atoms with E-state index in [1.807, 2.05) is 50.2 Å². The van der Waals surface area contributed by atoms with Gasteiger partial charge >= 0.3 is 0 Å². The summed E-state index contributed by atoms with van der Waals surface area (Å²) in [5, 5.41) is 0. The summed E-state index contributed by atoms with van der Waals surface area (Å²) < 4.78 is 5.65. The van der Waals surface area contributed by atoms with Gasteiger partial charge in [-0.05, 0) is 43.7 Å². The van der Waals surface area contributed by atoms with E-state index in [0.717, 1.165) is 17.0 Å². The van der Waals surface area contributed by atoms with Gasteiger partial charge in [-0.2, -0.15) is 0 Å². The molecule has 0 fully saturated rings. The molecule has 17 heavy (non-hydrogen) atoms. The van der Waals surface area contributed by atoms with Crippen molar-refractivity contribution in [3.8, 4) is 5.75 Å². The van der Waals surface area contributed by atoms with Gasteiger partial charge in [-0.1, -0.05) is 12.1 Å². The Kier molecular flexibility index (Phi) is 3.28. The number of nitrogens with two attached hydrogens (primary N) is 1. The van der Waals surface area contributed by atoms with Gasteiger partial charge in [0, 0.05) is 5.69 Å². The Morgan fingerprint density at radius 3 is 2.71 bits per heavy atom. The van der Waals surface area contributed by atoms with Crippen LogP contribution < -0.4 is 10.5 Å². The van der Waals surface area contributed by atoms with Crippen LogP contribution in [0.2, 0.25) is 0 Å². The van der Waals surface area contributed by atoms with Crippen molar-refractivity contribution in [2.45, 2.75) is 20.5 Å². The predicted molar refractivity (Wildman–Crippen MR) is 68.9 cm³/mol. The molecule has 3 heteroatoms. The first kappa shape index (κ1) is 11.5. The summed E-state index contributed by atoms with van der Waals surface area (Å²) in [5.41, 5.74) is 9.56. The number of nitrogens with zero attached hydrogens (tertiary/aromatic N) is 1. The van der Waals surface area contributed by atoms with E-state index in [9.17, 15) is 0 Å². The van der Waals surface area contributed by atoms with Gasteiger partial charge in [0.05, 0.1) is 11.4 Å². The summed E-state index contributed by atoms with van der Waals surface area (Å²) in [4.78, 5) is 4.37. The number of anilines is 1. The van der Waals surface area contributed by atoms with Crippen LogP contribution in [0.25, 0.3) is 0 Å². The lowest BCUT2D eigenvalue weighted by Crippen LogP contribution is -2.01. The highest BCUT2D eigenvalue weighted by atomic mass is 16.5. The molecule has 0 amide bonds. The van der Waals surface area contributed by atoms with Crippen LogP contribution in [-0.2, 0) is 6.61 Å². The van der Waals surface area contributed by atoms with Crippen molar-refractivity contribution in [2.24, 2.45) is 0 Å². The highest BCUT2D eigenvalue weighted by molar-refractivity contribution is 5.54. The standard InChI is InChI=1S/C14H16N2O/c1-10-6-7-14(13(15)8-10)17-9-12-5-3-4-11(2)16-12/h3-8H,9,15H2,1-2H3.